The lowest BCUT2D eigenvalue weighted by Crippen LogP contribution is -2.34. The molecule has 0 aliphatic carbocycles. The van der Waals surface area contributed by atoms with E-state index < -0.39 is 5.91 Å². The Morgan fingerprint density at radius 2 is 1.54 bits per heavy atom. The van der Waals surface area contributed by atoms with Crippen molar-refractivity contribution in [3.05, 3.63) is 77.6 Å². The molecule has 0 heterocycles. The highest BCUT2D eigenvalue weighted by atomic mass is 19.1. The second kappa shape index (κ2) is 17.0. The first-order valence-electron chi connectivity index (χ1n) is 14.0. The summed E-state index contributed by atoms with van der Waals surface area (Å²) in [5, 5.41) is 8.70. The summed E-state index contributed by atoms with van der Waals surface area (Å²) in [6.45, 7) is 2.35. The number of nitrogens with zero attached hydrogens (tertiary/aromatic N) is 1. The predicted octanol–water partition coefficient (Wildman–Crippen LogP) is 7.05. The summed E-state index contributed by atoms with van der Waals surface area (Å²) >= 11 is 0. The van der Waals surface area contributed by atoms with Gasteiger partial charge in [0.25, 0.3) is 5.91 Å². The summed E-state index contributed by atoms with van der Waals surface area (Å²) < 4.78 is 19.2. The molecule has 2 amide bonds. The standard InChI is InChI=1S/C32H40FN3O3/c1-2-3-4-5-6-7-8-9-10-15-31(37)34-23-32(38)36-35-22-29-28-14-12-11-13-26(28)18-21-30(29)39-24-25-16-19-27(33)20-17-25/h11-14,16-22H,2-10,15,23-24H2,1H3,(H,34,37)(H,36,38). The highest BCUT2D eigenvalue weighted by molar-refractivity contribution is 6.02. The number of amides is 2. The molecule has 0 aliphatic heterocycles. The Hall–Kier alpha value is -3.74. The Bertz CT molecular complexity index is 1210. The summed E-state index contributed by atoms with van der Waals surface area (Å²) in [7, 11) is 0. The molecule has 0 spiro atoms. The van der Waals surface area contributed by atoms with Crippen molar-refractivity contribution >= 4 is 28.8 Å². The van der Waals surface area contributed by atoms with Gasteiger partial charge in [-0.3, -0.25) is 9.59 Å². The second-order valence-corrected chi connectivity index (χ2v) is 9.76. The van der Waals surface area contributed by atoms with Gasteiger partial charge in [0.1, 0.15) is 18.2 Å². The molecule has 208 valence electrons. The average molecular weight is 534 g/mol. The van der Waals surface area contributed by atoms with Gasteiger partial charge in [-0.15, -0.1) is 0 Å². The number of halogens is 1. The number of nitrogens with one attached hydrogen (secondary N) is 2. The summed E-state index contributed by atoms with van der Waals surface area (Å²) in [5.74, 6) is -0.235. The quantitative estimate of drug-likeness (QED) is 0.111. The van der Waals surface area contributed by atoms with Crippen molar-refractivity contribution in [1.82, 2.24) is 10.7 Å². The van der Waals surface area contributed by atoms with Gasteiger partial charge in [0.15, 0.2) is 0 Å². The van der Waals surface area contributed by atoms with Crippen molar-refractivity contribution in [2.24, 2.45) is 5.10 Å². The minimum Gasteiger partial charge on any atom is -0.488 e. The Labute approximate surface area is 231 Å². The van der Waals surface area contributed by atoms with Gasteiger partial charge in [0.2, 0.25) is 5.91 Å². The number of ether oxygens (including phenoxy) is 1. The smallest absolute Gasteiger partial charge is 0.259 e. The largest absolute Gasteiger partial charge is 0.488 e. The Balaban J connectivity index is 1.44. The molecule has 0 fully saturated rings. The van der Waals surface area contributed by atoms with Crippen LogP contribution >= 0.6 is 0 Å². The van der Waals surface area contributed by atoms with Crippen LogP contribution in [0, 0.1) is 5.82 Å². The number of rotatable bonds is 17. The summed E-state index contributed by atoms with van der Waals surface area (Å²) in [6, 6.07) is 17.7. The van der Waals surface area contributed by atoms with Crippen molar-refractivity contribution in [3.8, 4) is 5.75 Å². The highest BCUT2D eigenvalue weighted by Gasteiger charge is 2.09. The molecular weight excluding hydrogens is 493 g/mol. The molecule has 3 aromatic carbocycles. The van der Waals surface area contributed by atoms with Crippen LogP contribution in [0.3, 0.4) is 0 Å². The van der Waals surface area contributed by atoms with Gasteiger partial charge in [-0.05, 0) is 41.0 Å². The topological polar surface area (TPSA) is 79.8 Å². The lowest BCUT2D eigenvalue weighted by Gasteiger charge is -2.12. The Kier molecular flexibility index (Phi) is 13.0. The number of unbranched alkanes of at least 4 members (excludes halogenated alkanes) is 8. The maximum absolute atomic E-state index is 13.2. The van der Waals surface area contributed by atoms with Crippen LogP contribution in [0.4, 0.5) is 4.39 Å². The van der Waals surface area contributed by atoms with Crippen molar-refractivity contribution in [2.45, 2.75) is 77.7 Å². The SMILES string of the molecule is CCCCCCCCCCCC(=O)NCC(=O)NN=Cc1c(OCc2ccc(F)cc2)ccc2ccccc12. The summed E-state index contributed by atoms with van der Waals surface area (Å²) in [5.41, 5.74) is 4.03. The van der Waals surface area contributed by atoms with E-state index in [9.17, 15) is 14.0 Å². The minimum atomic E-state index is -0.402. The van der Waals surface area contributed by atoms with Crippen LogP contribution in [0.2, 0.25) is 0 Å². The normalized spacial score (nSPS) is 11.1. The van der Waals surface area contributed by atoms with E-state index in [0.717, 1.165) is 35.6 Å². The number of benzene rings is 3. The first kappa shape index (κ1) is 29.8. The van der Waals surface area contributed by atoms with Crippen LogP contribution in [0.5, 0.6) is 5.75 Å². The molecule has 0 radical (unpaired) electrons. The molecule has 0 saturated heterocycles. The molecular formula is C32H40FN3O3. The average Bonchev–Trinajstić information content (AvgIpc) is 2.95. The van der Waals surface area contributed by atoms with E-state index >= 15 is 0 Å². The molecule has 0 atom stereocenters. The van der Waals surface area contributed by atoms with Crippen LogP contribution in [0.15, 0.2) is 65.8 Å². The lowest BCUT2D eigenvalue weighted by molar-refractivity contribution is -0.126. The zero-order chi connectivity index (χ0) is 27.7. The van der Waals surface area contributed by atoms with Crippen LogP contribution in [0.1, 0.15) is 82.3 Å². The van der Waals surface area contributed by atoms with E-state index in [1.54, 1.807) is 18.3 Å². The third-order valence-electron chi connectivity index (χ3n) is 6.57. The fourth-order valence-electron chi connectivity index (χ4n) is 4.35. The van der Waals surface area contributed by atoms with E-state index in [1.807, 2.05) is 36.4 Å². The van der Waals surface area contributed by atoms with Gasteiger partial charge in [-0.25, -0.2) is 9.82 Å². The van der Waals surface area contributed by atoms with Gasteiger partial charge in [-0.2, -0.15) is 5.10 Å². The molecule has 0 saturated carbocycles. The van der Waals surface area contributed by atoms with Gasteiger partial charge < -0.3 is 10.1 Å². The van der Waals surface area contributed by atoms with Crippen LogP contribution < -0.4 is 15.5 Å². The van der Waals surface area contributed by atoms with Crippen LogP contribution in [-0.2, 0) is 16.2 Å². The molecule has 39 heavy (non-hydrogen) atoms. The fraction of sp³-hybridized carbons (Fsp3) is 0.406. The van der Waals surface area contributed by atoms with Crippen molar-refractivity contribution < 1.29 is 18.7 Å². The molecule has 0 unspecified atom stereocenters. The lowest BCUT2D eigenvalue weighted by atomic mass is 10.0. The van der Waals surface area contributed by atoms with Gasteiger partial charge in [-0.1, -0.05) is 101 Å². The number of hydrazone groups is 1. The van der Waals surface area contributed by atoms with Crippen molar-refractivity contribution in [1.29, 1.82) is 0 Å². The van der Waals surface area contributed by atoms with Gasteiger partial charge in [0.05, 0.1) is 12.8 Å². The van der Waals surface area contributed by atoms with Gasteiger partial charge >= 0.3 is 0 Å². The van der Waals surface area contributed by atoms with Crippen molar-refractivity contribution in [3.63, 3.8) is 0 Å². The molecule has 2 N–H and O–H groups in total. The van der Waals surface area contributed by atoms with E-state index in [-0.39, 0.29) is 24.9 Å². The zero-order valence-electron chi connectivity index (χ0n) is 22.9. The van der Waals surface area contributed by atoms with E-state index in [2.05, 4.69) is 22.8 Å². The predicted molar refractivity (Wildman–Crippen MR) is 155 cm³/mol. The second-order valence-electron chi connectivity index (χ2n) is 9.76. The third-order valence-corrected chi connectivity index (χ3v) is 6.57. The Morgan fingerprint density at radius 3 is 2.28 bits per heavy atom. The van der Waals surface area contributed by atoms with Crippen LogP contribution in [-0.4, -0.2) is 24.6 Å². The highest BCUT2D eigenvalue weighted by Crippen LogP contribution is 2.27. The maximum atomic E-state index is 13.2. The first-order chi connectivity index (χ1) is 19.1. The molecule has 3 aromatic rings. The van der Waals surface area contributed by atoms with Crippen molar-refractivity contribution in [2.75, 3.05) is 6.54 Å². The van der Waals surface area contributed by atoms with E-state index in [0.29, 0.717) is 17.7 Å². The number of carbonyl (C=O) groups excluding carboxylic acids is 2. The van der Waals surface area contributed by atoms with E-state index in [4.69, 9.17) is 4.74 Å². The molecule has 0 bridgehead atoms. The minimum absolute atomic E-state index is 0.123. The Morgan fingerprint density at radius 1 is 0.846 bits per heavy atom. The fourth-order valence-corrected chi connectivity index (χ4v) is 4.35. The summed E-state index contributed by atoms with van der Waals surface area (Å²) in [4.78, 5) is 24.3. The zero-order valence-corrected chi connectivity index (χ0v) is 22.9. The maximum Gasteiger partial charge on any atom is 0.259 e. The van der Waals surface area contributed by atoms with Crippen LogP contribution in [0.25, 0.3) is 10.8 Å². The molecule has 3 rings (SSSR count). The first-order valence-corrected chi connectivity index (χ1v) is 14.0. The number of hydrogen-bond acceptors (Lipinski definition) is 4. The number of fused-ring (bicyclic) bond motifs is 1. The molecule has 0 aliphatic rings. The third kappa shape index (κ3) is 10.9. The van der Waals surface area contributed by atoms with E-state index in [1.165, 1.54) is 50.7 Å². The number of hydrogen-bond donors (Lipinski definition) is 2. The van der Waals surface area contributed by atoms with Gasteiger partial charge in [0, 0.05) is 12.0 Å². The summed E-state index contributed by atoms with van der Waals surface area (Å²) in [6.07, 6.45) is 12.7. The number of carbonyl (C=O) groups is 2. The monoisotopic (exact) mass is 533 g/mol. The molecule has 7 heteroatoms. The molecule has 6 nitrogen and oxygen atoms in total. The molecule has 0 aromatic heterocycles.